The lowest BCUT2D eigenvalue weighted by atomic mass is 9.84. The molecule has 1 amide bonds. The van der Waals surface area contributed by atoms with Crippen molar-refractivity contribution in [1.29, 1.82) is 0 Å². The number of carbonyl (C=O) groups excluding carboxylic acids is 1. The second-order valence-corrected chi connectivity index (χ2v) is 6.47. The molecule has 2 aliphatic carbocycles. The van der Waals surface area contributed by atoms with E-state index in [9.17, 15) is 4.79 Å². The number of nitrogens with one attached hydrogen (secondary N) is 1. The first kappa shape index (κ1) is 13.0. The van der Waals surface area contributed by atoms with Gasteiger partial charge in [0.05, 0.1) is 11.2 Å². The molecule has 4 atom stereocenters. The predicted octanol–water partition coefficient (Wildman–Crippen LogP) is 2.63. The molecule has 3 rings (SSSR count). The standard InChI is InChI=1S/C14H20ClN3O/c1-8(11-6-9-3-4-10(11)5-9)17-14(19)13-12(15)7-16-18(13)2/h7-11H,3-6H2,1-2H3,(H,17,19). The summed E-state index contributed by atoms with van der Waals surface area (Å²) in [4.78, 5) is 12.3. The summed E-state index contributed by atoms with van der Waals surface area (Å²) in [6.07, 6.45) is 6.86. The van der Waals surface area contributed by atoms with Gasteiger partial charge in [-0.3, -0.25) is 9.48 Å². The number of carbonyl (C=O) groups is 1. The van der Waals surface area contributed by atoms with Crippen molar-refractivity contribution in [2.75, 3.05) is 0 Å². The first-order valence-corrected chi connectivity index (χ1v) is 7.42. The molecule has 4 nitrogen and oxygen atoms in total. The SMILES string of the molecule is CC(NC(=O)c1c(Cl)cnn1C)C1CC2CCC1C2. The van der Waals surface area contributed by atoms with E-state index in [4.69, 9.17) is 11.6 Å². The molecule has 1 aromatic heterocycles. The Hall–Kier alpha value is -1.03. The van der Waals surface area contributed by atoms with E-state index in [1.165, 1.54) is 36.6 Å². The summed E-state index contributed by atoms with van der Waals surface area (Å²) in [5.41, 5.74) is 0.455. The Morgan fingerprint density at radius 1 is 1.53 bits per heavy atom. The lowest BCUT2D eigenvalue weighted by Gasteiger charge is -2.28. The largest absolute Gasteiger partial charge is 0.348 e. The molecule has 1 aromatic rings. The van der Waals surface area contributed by atoms with Crippen molar-refractivity contribution in [3.63, 3.8) is 0 Å². The van der Waals surface area contributed by atoms with Crippen LogP contribution in [-0.2, 0) is 7.05 Å². The third-order valence-electron chi connectivity index (χ3n) is 4.90. The van der Waals surface area contributed by atoms with E-state index in [1.54, 1.807) is 7.05 Å². The zero-order valence-corrected chi connectivity index (χ0v) is 12.2. The van der Waals surface area contributed by atoms with Gasteiger partial charge in [0.2, 0.25) is 0 Å². The van der Waals surface area contributed by atoms with Crippen LogP contribution < -0.4 is 5.32 Å². The van der Waals surface area contributed by atoms with Crippen LogP contribution in [0.25, 0.3) is 0 Å². The summed E-state index contributed by atoms with van der Waals surface area (Å²) in [7, 11) is 1.74. The summed E-state index contributed by atoms with van der Waals surface area (Å²) < 4.78 is 1.53. The fourth-order valence-corrected chi connectivity index (χ4v) is 4.21. The summed E-state index contributed by atoms with van der Waals surface area (Å²) >= 11 is 6.00. The van der Waals surface area contributed by atoms with Gasteiger partial charge in [-0.25, -0.2) is 0 Å². The number of halogens is 1. The lowest BCUT2D eigenvalue weighted by molar-refractivity contribution is 0.0906. The second kappa shape index (κ2) is 4.82. The molecule has 2 aliphatic rings. The fourth-order valence-electron chi connectivity index (χ4n) is 3.95. The Morgan fingerprint density at radius 3 is 2.84 bits per heavy atom. The first-order chi connectivity index (χ1) is 9.06. The molecule has 0 radical (unpaired) electrons. The molecular formula is C14H20ClN3O. The van der Waals surface area contributed by atoms with E-state index in [1.807, 2.05) is 0 Å². The van der Waals surface area contributed by atoms with Crippen LogP contribution in [0.3, 0.4) is 0 Å². The van der Waals surface area contributed by atoms with Crippen LogP contribution in [0.2, 0.25) is 5.02 Å². The van der Waals surface area contributed by atoms with Crippen LogP contribution in [0.15, 0.2) is 6.20 Å². The van der Waals surface area contributed by atoms with Crippen LogP contribution in [-0.4, -0.2) is 21.7 Å². The molecule has 0 saturated heterocycles. The van der Waals surface area contributed by atoms with E-state index in [2.05, 4.69) is 17.3 Å². The Labute approximate surface area is 118 Å². The van der Waals surface area contributed by atoms with Crippen molar-refractivity contribution in [3.05, 3.63) is 16.9 Å². The highest BCUT2D eigenvalue weighted by molar-refractivity contribution is 6.33. The van der Waals surface area contributed by atoms with Gasteiger partial charge < -0.3 is 5.32 Å². The van der Waals surface area contributed by atoms with Gasteiger partial charge in [0.1, 0.15) is 5.69 Å². The molecule has 104 valence electrons. The van der Waals surface area contributed by atoms with Gasteiger partial charge in [0.25, 0.3) is 5.91 Å². The van der Waals surface area contributed by atoms with Crippen LogP contribution in [0.4, 0.5) is 0 Å². The van der Waals surface area contributed by atoms with E-state index in [0.29, 0.717) is 16.6 Å². The Morgan fingerprint density at radius 2 is 2.32 bits per heavy atom. The topological polar surface area (TPSA) is 46.9 Å². The molecule has 2 bridgehead atoms. The van der Waals surface area contributed by atoms with Crippen LogP contribution >= 0.6 is 11.6 Å². The minimum atomic E-state index is -0.111. The highest BCUT2D eigenvalue weighted by Crippen LogP contribution is 2.49. The summed E-state index contributed by atoms with van der Waals surface area (Å²) in [6, 6.07) is 0.216. The van der Waals surface area contributed by atoms with Gasteiger partial charge in [0, 0.05) is 13.1 Å². The number of aromatic nitrogens is 2. The molecule has 0 spiro atoms. The molecule has 5 heteroatoms. The number of amides is 1. The average Bonchev–Trinajstić information content (AvgIpc) is 3.05. The molecule has 1 N–H and O–H groups in total. The number of aryl methyl sites for hydroxylation is 1. The average molecular weight is 282 g/mol. The highest BCUT2D eigenvalue weighted by Gasteiger charge is 2.42. The van der Waals surface area contributed by atoms with Gasteiger partial charge >= 0.3 is 0 Å². The minimum absolute atomic E-state index is 0.111. The summed E-state index contributed by atoms with van der Waals surface area (Å²) in [6.45, 7) is 2.12. The predicted molar refractivity (Wildman–Crippen MR) is 74.1 cm³/mol. The van der Waals surface area contributed by atoms with E-state index < -0.39 is 0 Å². The Bertz CT molecular complexity index is 479. The molecule has 0 aliphatic heterocycles. The van der Waals surface area contributed by atoms with E-state index in [-0.39, 0.29) is 11.9 Å². The lowest BCUT2D eigenvalue weighted by Crippen LogP contribution is -2.40. The molecule has 2 fully saturated rings. The van der Waals surface area contributed by atoms with E-state index >= 15 is 0 Å². The molecule has 2 saturated carbocycles. The summed E-state index contributed by atoms with van der Waals surface area (Å²) in [5, 5.41) is 7.53. The van der Waals surface area contributed by atoms with E-state index in [0.717, 1.165) is 11.8 Å². The third kappa shape index (κ3) is 2.27. The smallest absolute Gasteiger partial charge is 0.271 e. The second-order valence-electron chi connectivity index (χ2n) is 6.07. The molecule has 19 heavy (non-hydrogen) atoms. The molecule has 4 unspecified atom stereocenters. The quantitative estimate of drug-likeness (QED) is 0.926. The number of fused-ring (bicyclic) bond motifs is 2. The fraction of sp³-hybridized carbons (Fsp3) is 0.714. The zero-order valence-electron chi connectivity index (χ0n) is 11.4. The maximum absolute atomic E-state index is 12.3. The van der Waals surface area contributed by atoms with Gasteiger partial charge in [-0.2, -0.15) is 5.10 Å². The van der Waals surface area contributed by atoms with Crippen molar-refractivity contribution in [2.45, 2.75) is 38.6 Å². The van der Waals surface area contributed by atoms with Crippen molar-refractivity contribution in [2.24, 2.45) is 24.8 Å². The van der Waals surface area contributed by atoms with Crippen molar-refractivity contribution in [3.8, 4) is 0 Å². The number of hydrogen-bond donors (Lipinski definition) is 1. The van der Waals surface area contributed by atoms with Crippen molar-refractivity contribution >= 4 is 17.5 Å². The zero-order chi connectivity index (χ0) is 13.6. The maximum Gasteiger partial charge on any atom is 0.271 e. The van der Waals surface area contributed by atoms with Crippen LogP contribution in [0.1, 0.15) is 43.1 Å². The highest BCUT2D eigenvalue weighted by atomic mass is 35.5. The van der Waals surface area contributed by atoms with Crippen molar-refractivity contribution in [1.82, 2.24) is 15.1 Å². The number of hydrogen-bond acceptors (Lipinski definition) is 2. The Kier molecular flexibility index (Phi) is 3.29. The maximum atomic E-state index is 12.3. The molecule has 0 aromatic carbocycles. The Balaban J connectivity index is 1.67. The minimum Gasteiger partial charge on any atom is -0.348 e. The van der Waals surface area contributed by atoms with Crippen molar-refractivity contribution < 1.29 is 4.79 Å². The van der Waals surface area contributed by atoms with Crippen LogP contribution in [0.5, 0.6) is 0 Å². The summed E-state index contributed by atoms with van der Waals surface area (Å²) in [5.74, 6) is 2.23. The molecule has 1 heterocycles. The molecular weight excluding hydrogens is 262 g/mol. The van der Waals surface area contributed by atoms with Gasteiger partial charge in [-0.1, -0.05) is 18.0 Å². The normalized spacial score (nSPS) is 30.6. The third-order valence-corrected chi connectivity index (χ3v) is 5.18. The van der Waals surface area contributed by atoms with Gasteiger partial charge in [-0.15, -0.1) is 0 Å². The number of rotatable bonds is 3. The van der Waals surface area contributed by atoms with Gasteiger partial charge in [0.15, 0.2) is 0 Å². The van der Waals surface area contributed by atoms with Gasteiger partial charge in [-0.05, 0) is 43.9 Å². The number of nitrogens with zero attached hydrogens (tertiary/aromatic N) is 2. The monoisotopic (exact) mass is 281 g/mol. The van der Waals surface area contributed by atoms with Crippen LogP contribution in [0, 0.1) is 17.8 Å². The first-order valence-electron chi connectivity index (χ1n) is 7.04.